The Labute approximate surface area is 158 Å². The third-order valence-corrected chi connectivity index (χ3v) is 5.06. The van der Waals surface area contributed by atoms with E-state index in [0.29, 0.717) is 43.6 Å². The summed E-state index contributed by atoms with van der Waals surface area (Å²) in [6.45, 7) is 6.62. The second-order valence-electron chi connectivity index (χ2n) is 7.78. The van der Waals surface area contributed by atoms with Crippen molar-refractivity contribution in [1.29, 1.82) is 0 Å². The summed E-state index contributed by atoms with van der Waals surface area (Å²) in [6.07, 6.45) is 1.57. The molecular formula is C20H26FN3O3. The third kappa shape index (κ3) is 4.28. The Hall–Kier alpha value is -2.44. The molecule has 0 spiro atoms. The van der Waals surface area contributed by atoms with Gasteiger partial charge in [0.05, 0.1) is 5.71 Å². The molecule has 3 rings (SSSR count). The normalized spacial score (nSPS) is 23.1. The fourth-order valence-corrected chi connectivity index (χ4v) is 3.56. The first-order valence-corrected chi connectivity index (χ1v) is 9.39. The summed E-state index contributed by atoms with van der Waals surface area (Å²) in [5, 5.41) is 6.96. The van der Waals surface area contributed by atoms with E-state index in [4.69, 9.17) is 4.84 Å². The lowest BCUT2D eigenvalue weighted by molar-refractivity contribution is -0.155. The van der Waals surface area contributed by atoms with E-state index in [1.807, 2.05) is 13.8 Å². The van der Waals surface area contributed by atoms with Crippen molar-refractivity contribution < 1.29 is 18.8 Å². The maximum absolute atomic E-state index is 13.4. The highest BCUT2D eigenvalue weighted by atomic mass is 19.1. The van der Waals surface area contributed by atoms with E-state index in [9.17, 15) is 14.0 Å². The Morgan fingerprint density at radius 2 is 2.04 bits per heavy atom. The molecule has 1 saturated heterocycles. The number of carbonyl (C=O) groups excluding carboxylic acids is 2. The lowest BCUT2D eigenvalue weighted by Gasteiger charge is -2.35. The maximum Gasteiger partial charge on any atom is 0.269 e. The first-order chi connectivity index (χ1) is 12.8. The molecule has 146 valence electrons. The minimum absolute atomic E-state index is 0.0529. The van der Waals surface area contributed by atoms with Crippen molar-refractivity contribution in [2.75, 3.05) is 13.1 Å². The number of oxime groups is 1. The molecule has 1 fully saturated rings. The van der Waals surface area contributed by atoms with Crippen molar-refractivity contribution in [3.05, 3.63) is 35.6 Å². The number of nitrogens with one attached hydrogen (secondary N) is 1. The van der Waals surface area contributed by atoms with E-state index in [0.717, 1.165) is 0 Å². The maximum atomic E-state index is 13.4. The van der Waals surface area contributed by atoms with E-state index < -0.39 is 5.60 Å². The Kier molecular flexibility index (Phi) is 5.48. The highest BCUT2D eigenvalue weighted by Crippen LogP contribution is 2.30. The first-order valence-electron chi connectivity index (χ1n) is 9.39. The van der Waals surface area contributed by atoms with Crippen molar-refractivity contribution in [3.63, 3.8) is 0 Å². The van der Waals surface area contributed by atoms with Gasteiger partial charge in [0.1, 0.15) is 5.82 Å². The predicted molar refractivity (Wildman–Crippen MR) is 99.6 cm³/mol. The Morgan fingerprint density at radius 3 is 2.67 bits per heavy atom. The standard InChI is InChI=1S/C20H26FN3O3/c1-13(2)22-18(25)14-7-9-24(10-8-14)19(26)20(3)12-17(23-27-20)15-5-4-6-16(21)11-15/h4-6,11,13-14H,7-10,12H2,1-3H3,(H,22,25). The second kappa shape index (κ2) is 7.66. The molecule has 2 amide bonds. The molecule has 2 aliphatic rings. The number of nitrogens with zero attached hydrogens (tertiary/aromatic N) is 2. The van der Waals surface area contributed by atoms with Gasteiger partial charge in [-0.1, -0.05) is 17.3 Å². The fraction of sp³-hybridized carbons (Fsp3) is 0.550. The molecule has 2 heterocycles. The van der Waals surface area contributed by atoms with Crippen LogP contribution in [-0.2, 0) is 14.4 Å². The highest BCUT2D eigenvalue weighted by Gasteiger charge is 2.45. The molecule has 2 aliphatic heterocycles. The van der Waals surface area contributed by atoms with Gasteiger partial charge in [-0.05, 0) is 45.7 Å². The molecule has 0 radical (unpaired) electrons. The Morgan fingerprint density at radius 1 is 1.33 bits per heavy atom. The van der Waals surface area contributed by atoms with Gasteiger partial charge in [-0.15, -0.1) is 0 Å². The zero-order valence-electron chi connectivity index (χ0n) is 16.0. The summed E-state index contributed by atoms with van der Waals surface area (Å²) < 4.78 is 13.4. The zero-order valence-corrected chi connectivity index (χ0v) is 16.0. The van der Waals surface area contributed by atoms with Gasteiger partial charge in [0, 0.05) is 37.0 Å². The minimum Gasteiger partial charge on any atom is -0.379 e. The van der Waals surface area contributed by atoms with Crippen molar-refractivity contribution in [2.24, 2.45) is 11.1 Å². The van der Waals surface area contributed by atoms with E-state index >= 15 is 0 Å². The van der Waals surface area contributed by atoms with Crippen molar-refractivity contribution in [1.82, 2.24) is 10.2 Å². The Balaban J connectivity index is 1.58. The average molecular weight is 375 g/mol. The number of piperidine rings is 1. The monoisotopic (exact) mass is 375 g/mol. The molecule has 0 aliphatic carbocycles. The van der Waals surface area contributed by atoms with E-state index in [2.05, 4.69) is 10.5 Å². The van der Waals surface area contributed by atoms with Gasteiger partial charge in [-0.25, -0.2) is 4.39 Å². The molecule has 6 nitrogen and oxygen atoms in total. The molecule has 0 bridgehead atoms. The van der Waals surface area contributed by atoms with Crippen LogP contribution in [0.2, 0.25) is 0 Å². The zero-order chi connectivity index (χ0) is 19.6. The summed E-state index contributed by atoms with van der Waals surface area (Å²) >= 11 is 0. The molecule has 7 heteroatoms. The molecular weight excluding hydrogens is 349 g/mol. The van der Waals surface area contributed by atoms with E-state index in [1.165, 1.54) is 12.1 Å². The van der Waals surface area contributed by atoms with Gasteiger partial charge in [0.15, 0.2) is 0 Å². The number of amides is 2. The van der Waals surface area contributed by atoms with Crippen molar-refractivity contribution in [2.45, 2.75) is 51.7 Å². The number of benzene rings is 1. The average Bonchev–Trinajstić information content (AvgIpc) is 3.04. The van der Waals surface area contributed by atoms with Crippen LogP contribution in [0, 0.1) is 11.7 Å². The van der Waals surface area contributed by atoms with Crippen LogP contribution in [0.15, 0.2) is 29.4 Å². The topological polar surface area (TPSA) is 71.0 Å². The van der Waals surface area contributed by atoms with Crippen molar-refractivity contribution >= 4 is 17.5 Å². The molecule has 1 atom stereocenters. The van der Waals surface area contributed by atoms with E-state index in [-0.39, 0.29) is 29.6 Å². The van der Waals surface area contributed by atoms with Gasteiger partial charge in [0.2, 0.25) is 11.5 Å². The van der Waals surface area contributed by atoms with E-state index in [1.54, 1.807) is 24.0 Å². The molecule has 0 aromatic heterocycles. The van der Waals surface area contributed by atoms with Crippen LogP contribution < -0.4 is 5.32 Å². The fourth-order valence-electron chi connectivity index (χ4n) is 3.56. The number of hydrogen-bond donors (Lipinski definition) is 1. The highest BCUT2D eigenvalue weighted by molar-refractivity contribution is 6.05. The summed E-state index contributed by atoms with van der Waals surface area (Å²) in [7, 11) is 0. The quantitative estimate of drug-likeness (QED) is 0.879. The lowest BCUT2D eigenvalue weighted by Crippen LogP contribution is -2.51. The van der Waals surface area contributed by atoms with Crippen molar-refractivity contribution in [3.8, 4) is 0 Å². The molecule has 1 aromatic rings. The summed E-state index contributed by atoms with van der Waals surface area (Å²) in [4.78, 5) is 32.3. The number of halogens is 1. The molecule has 1 N–H and O–H groups in total. The number of hydrogen-bond acceptors (Lipinski definition) is 4. The number of likely N-dealkylation sites (tertiary alicyclic amines) is 1. The van der Waals surface area contributed by atoms with Crippen LogP contribution in [0.25, 0.3) is 0 Å². The van der Waals surface area contributed by atoms with Gasteiger partial charge >= 0.3 is 0 Å². The number of carbonyl (C=O) groups is 2. The third-order valence-electron chi connectivity index (χ3n) is 5.06. The smallest absolute Gasteiger partial charge is 0.269 e. The predicted octanol–water partition coefficient (Wildman–Crippen LogP) is 2.47. The number of rotatable bonds is 4. The Bertz CT molecular complexity index is 757. The van der Waals surface area contributed by atoms with Crippen LogP contribution in [0.3, 0.4) is 0 Å². The van der Waals surface area contributed by atoms with Crippen LogP contribution in [0.1, 0.15) is 45.6 Å². The van der Waals surface area contributed by atoms with Gasteiger partial charge in [0.25, 0.3) is 5.91 Å². The van der Waals surface area contributed by atoms with Crippen LogP contribution in [0.4, 0.5) is 4.39 Å². The second-order valence-corrected chi connectivity index (χ2v) is 7.78. The van der Waals surface area contributed by atoms with Gasteiger partial charge in [-0.2, -0.15) is 0 Å². The summed E-state index contributed by atoms with van der Waals surface area (Å²) in [6, 6.07) is 6.22. The first kappa shape index (κ1) is 19.3. The minimum atomic E-state index is -1.09. The largest absolute Gasteiger partial charge is 0.379 e. The SMILES string of the molecule is CC(C)NC(=O)C1CCN(C(=O)C2(C)CC(c3cccc(F)c3)=NO2)CC1. The molecule has 1 unspecified atom stereocenters. The lowest BCUT2D eigenvalue weighted by atomic mass is 9.91. The van der Waals surface area contributed by atoms with Crippen LogP contribution in [0.5, 0.6) is 0 Å². The van der Waals surface area contributed by atoms with Crippen LogP contribution >= 0.6 is 0 Å². The van der Waals surface area contributed by atoms with Gasteiger partial charge < -0.3 is 15.1 Å². The molecule has 1 aromatic carbocycles. The summed E-state index contributed by atoms with van der Waals surface area (Å²) in [5.74, 6) is -0.498. The van der Waals surface area contributed by atoms with Gasteiger partial charge in [-0.3, -0.25) is 9.59 Å². The molecule has 27 heavy (non-hydrogen) atoms. The molecule has 0 saturated carbocycles. The van der Waals surface area contributed by atoms with Crippen LogP contribution in [-0.4, -0.2) is 47.2 Å². The summed E-state index contributed by atoms with van der Waals surface area (Å²) in [5.41, 5.74) is 0.0986.